The summed E-state index contributed by atoms with van der Waals surface area (Å²) in [7, 11) is -5.64. The van der Waals surface area contributed by atoms with Crippen LogP contribution in [0.15, 0.2) is 43.0 Å². The molecule has 0 aromatic heterocycles. The van der Waals surface area contributed by atoms with Crippen molar-refractivity contribution in [3.05, 3.63) is 48.6 Å². The molecule has 0 saturated carbocycles. The van der Waals surface area contributed by atoms with Crippen molar-refractivity contribution in [2.24, 2.45) is 10.8 Å². The molecule has 0 amide bonds. The predicted molar refractivity (Wildman–Crippen MR) is 101 cm³/mol. The van der Waals surface area contributed by atoms with Gasteiger partial charge >= 0.3 is 0 Å². The van der Waals surface area contributed by atoms with Gasteiger partial charge in [-0.1, -0.05) is 78.0 Å². The largest absolute Gasteiger partial charge is 0.285 e. The zero-order valence-electron chi connectivity index (χ0n) is 15.1. The standard InChI is InChI=1S/C18H30O3SSi/c1-8-18(22(19,20)21,14-12-10-9-11-13-14)23-15(16(2,3)4)17(5,6)7/h8-13,15H,1,23H2,2-7H3,(H,19,20,21). The molecule has 0 radical (unpaired) electrons. The number of rotatable bonds is 5. The van der Waals surface area contributed by atoms with Crippen LogP contribution in [0.5, 0.6) is 0 Å². The minimum atomic E-state index is -4.30. The first kappa shape index (κ1) is 20.1. The van der Waals surface area contributed by atoms with E-state index < -0.39 is 24.0 Å². The number of benzene rings is 1. The zero-order chi connectivity index (χ0) is 18.1. The van der Waals surface area contributed by atoms with Crippen molar-refractivity contribution in [1.29, 1.82) is 0 Å². The summed E-state index contributed by atoms with van der Waals surface area (Å²) in [4.78, 5) is 0. The monoisotopic (exact) mass is 354 g/mol. The third-order valence-corrected chi connectivity index (χ3v) is 11.7. The maximum Gasteiger partial charge on any atom is 0.274 e. The Hall–Kier alpha value is -0.913. The first-order valence-electron chi connectivity index (χ1n) is 7.92. The molecule has 0 fully saturated rings. The van der Waals surface area contributed by atoms with Crippen molar-refractivity contribution in [1.82, 2.24) is 0 Å². The van der Waals surface area contributed by atoms with Gasteiger partial charge in [-0.05, 0) is 21.9 Å². The molecule has 23 heavy (non-hydrogen) atoms. The highest BCUT2D eigenvalue weighted by atomic mass is 32.2. The van der Waals surface area contributed by atoms with Gasteiger partial charge in [-0.2, -0.15) is 8.42 Å². The summed E-state index contributed by atoms with van der Waals surface area (Å²) in [5, 5.41) is 0. The van der Waals surface area contributed by atoms with Crippen molar-refractivity contribution in [2.45, 2.75) is 51.5 Å². The van der Waals surface area contributed by atoms with E-state index in [-0.39, 0.29) is 16.4 Å². The average Bonchev–Trinajstić information content (AvgIpc) is 2.36. The summed E-state index contributed by atoms with van der Waals surface area (Å²) >= 11 is 0. The normalized spacial score (nSPS) is 16.7. The lowest BCUT2D eigenvalue weighted by Gasteiger charge is -2.44. The SMILES string of the molecule is C=CC([SiH2]C(C(C)(C)C)C(C)(C)C)(c1ccccc1)S(=O)(=O)O. The van der Waals surface area contributed by atoms with Gasteiger partial charge in [0, 0.05) is 0 Å². The van der Waals surface area contributed by atoms with Gasteiger partial charge in [0.2, 0.25) is 0 Å². The first-order valence-corrected chi connectivity index (χ1v) is 10.9. The van der Waals surface area contributed by atoms with Crippen LogP contribution < -0.4 is 0 Å². The smallest absolute Gasteiger partial charge is 0.274 e. The molecule has 0 saturated heterocycles. The van der Waals surface area contributed by atoms with Crippen molar-refractivity contribution in [2.75, 3.05) is 0 Å². The Morgan fingerprint density at radius 2 is 1.48 bits per heavy atom. The molecule has 130 valence electrons. The van der Waals surface area contributed by atoms with E-state index in [9.17, 15) is 13.0 Å². The second kappa shape index (κ2) is 6.53. The van der Waals surface area contributed by atoms with Crippen molar-refractivity contribution >= 4 is 19.6 Å². The Kier molecular flexibility index (Phi) is 5.72. The molecule has 3 nitrogen and oxygen atoms in total. The fourth-order valence-corrected chi connectivity index (χ4v) is 8.07. The maximum atomic E-state index is 12.4. The third-order valence-electron chi connectivity index (χ3n) is 4.65. The van der Waals surface area contributed by atoms with Gasteiger partial charge in [0.1, 0.15) is 4.37 Å². The fraction of sp³-hybridized carbons (Fsp3) is 0.556. The van der Waals surface area contributed by atoms with Crippen LogP contribution in [0, 0.1) is 10.8 Å². The Bertz CT molecular complexity index is 625. The molecule has 1 atom stereocenters. The molecule has 0 aliphatic carbocycles. The van der Waals surface area contributed by atoms with Gasteiger partial charge in [0.05, 0.1) is 9.52 Å². The van der Waals surface area contributed by atoms with Crippen LogP contribution >= 0.6 is 0 Å². The molecule has 1 aromatic rings. The van der Waals surface area contributed by atoms with Gasteiger partial charge in [0.25, 0.3) is 10.1 Å². The molecule has 1 unspecified atom stereocenters. The number of hydrogen-bond donors (Lipinski definition) is 1. The van der Waals surface area contributed by atoms with Crippen LogP contribution in [0.4, 0.5) is 0 Å². The van der Waals surface area contributed by atoms with Crippen LogP contribution in [0.3, 0.4) is 0 Å². The van der Waals surface area contributed by atoms with Crippen molar-refractivity contribution < 1.29 is 13.0 Å². The molecule has 0 aliphatic rings. The highest BCUT2D eigenvalue weighted by Crippen LogP contribution is 2.48. The first-order chi connectivity index (χ1) is 10.3. The van der Waals surface area contributed by atoms with E-state index in [2.05, 4.69) is 48.1 Å². The Labute approximate surface area is 143 Å². The fourth-order valence-electron chi connectivity index (χ4n) is 3.61. The lowest BCUT2D eigenvalue weighted by Crippen LogP contribution is -2.47. The minimum Gasteiger partial charge on any atom is -0.285 e. The molecule has 1 aromatic carbocycles. The lowest BCUT2D eigenvalue weighted by molar-refractivity contribution is 0.230. The maximum absolute atomic E-state index is 12.4. The van der Waals surface area contributed by atoms with Crippen molar-refractivity contribution in [3.63, 3.8) is 0 Å². The minimum absolute atomic E-state index is 0.0573. The molecule has 0 bridgehead atoms. The molecule has 1 N–H and O–H groups in total. The molecular formula is C18H30O3SSi. The quantitative estimate of drug-likeness (QED) is 0.495. The summed E-state index contributed by atoms with van der Waals surface area (Å²) in [6.45, 7) is 16.6. The van der Waals surface area contributed by atoms with Gasteiger partial charge in [-0.3, -0.25) is 4.55 Å². The molecule has 0 spiro atoms. The second-order valence-electron chi connectivity index (χ2n) is 8.42. The van der Waals surface area contributed by atoms with Crippen LogP contribution in [0.25, 0.3) is 0 Å². The third kappa shape index (κ3) is 4.34. The Morgan fingerprint density at radius 1 is 1.04 bits per heavy atom. The summed E-state index contributed by atoms with van der Waals surface area (Å²) in [6, 6.07) is 8.98. The van der Waals surface area contributed by atoms with Gasteiger partial charge in [-0.25, -0.2) is 0 Å². The summed E-state index contributed by atoms with van der Waals surface area (Å²) < 4.78 is 33.5. The van der Waals surface area contributed by atoms with E-state index in [0.717, 1.165) is 0 Å². The van der Waals surface area contributed by atoms with E-state index in [1.807, 2.05) is 6.07 Å². The highest BCUT2D eigenvalue weighted by Gasteiger charge is 2.48. The Balaban J connectivity index is 3.58. The topological polar surface area (TPSA) is 54.4 Å². The molecule has 1 rings (SSSR count). The van der Waals surface area contributed by atoms with Gasteiger partial charge in [-0.15, -0.1) is 6.58 Å². The summed E-state index contributed by atoms with van der Waals surface area (Å²) in [5.41, 5.74) is 0.689. The van der Waals surface area contributed by atoms with E-state index in [1.54, 1.807) is 24.3 Å². The lowest BCUT2D eigenvalue weighted by atomic mass is 9.77. The molecule has 0 aliphatic heterocycles. The highest BCUT2D eigenvalue weighted by molar-refractivity contribution is 7.88. The van der Waals surface area contributed by atoms with E-state index >= 15 is 0 Å². The zero-order valence-corrected chi connectivity index (χ0v) is 17.4. The van der Waals surface area contributed by atoms with Gasteiger partial charge < -0.3 is 0 Å². The van der Waals surface area contributed by atoms with Crippen LogP contribution in [-0.4, -0.2) is 22.5 Å². The summed E-state index contributed by atoms with van der Waals surface area (Å²) in [5.74, 6) is 0. The molecule has 0 heterocycles. The van der Waals surface area contributed by atoms with E-state index in [0.29, 0.717) is 5.56 Å². The van der Waals surface area contributed by atoms with Crippen LogP contribution in [0.2, 0.25) is 5.54 Å². The van der Waals surface area contributed by atoms with E-state index in [1.165, 1.54) is 6.08 Å². The summed E-state index contributed by atoms with van der Waals surface area (Å²) in [6.07, 6.45) is 1.44. The predicted octanol–water partition coefficient (Wildman–Crippen LogP) is 3.96. The average molecular weight is 355 g/mol. The molecular weight excluding hydrogens is 324 g/mol. The van der Waals surface area contributed by atoms with Crippen LogP contribution in [0.1, 0.15) is 47.1 Å². The molecule has 5 heteroatoms. The Morgan fingerprint density at radius 3 is 1.78 bits per heavy atom. The van der Waals surface area contributed by atoms with Gasteiger partial charge in [0.15, 0.2) is 0 Å². The van der Waals surface area contributed by atoms with E-state index in [4.69, 9.17) is 0 Å². The second-order valence-corrected chi connectivity index (χ2v) is 13.0. The van der Waals surface area contributed by atoms with Crippen LogP contribution in [-0.2, 0) is 14.5 Å². The van der Waals surface area contributed by atoms with Crippen molar-refractivity contribution in [3.8, 4) is 0 Å². The number of hydrogen-bond acceptors (Lipinski definition) is 2.